The molecule has 0 unspecified atom stereocenters. The predicted octanol–water partition coefficient (Wildman–Crippen LogP) is 2.00. The Labute approximate surface area is 93.4 Å². The molecule has 0 bridgehead atoms. The maximum atomic E-state index is 11.5. The fourth-order valence-corrected chi connectivity index (χ4v) is 2.93. The smallest absolute Gasteiger partial charge is 0.338 e. The normalized spacial score (nSPS) is 17.7. The van der Waals surface area contributed by atoms with Crippen molar-refractivity contribution in [2.45, 2.75) is 18.8 Å². The summed E-state index contributed by atoms with van der Waals surface area (Å²) >= 11 is 1.58. The highest BCUT2D eigenvalue weighted by molar-refractivity contribution is 7.08. The number of piperidine rings is 1. The summed E-state index contributed by atoms with van der Waals surface area (Å²) in [6.45, 7) is 2.09. The van der Waals surface area contributed by atoms with E-state index in [1.165, 1.54) is 12.7 Å². The van der Waals surface area contributed by atoms with Crippen LogP contribution in [0.5, 0.6) is 0 Å². The molecule has 1 N–H and O–H groups in total. The van der Waals surface area contributed by atoms with Crippen LogP contribution in [0.4, 0.5) is 0 Å². The topological polar surface area (TPSA) is 38.3 Å². The molecule has 4 heteroatoms. The minimum Gasteiger partial charge on any atom is -0.465 e. The van der Waals surface area contributed by atoms with E-state index in [4.69, 9.17) is 4.74 Å². The van der Waals surface area contributed by atoms with Gasteiger partial charge in [-0.25, -0.2) is 4.79 Å². The van der Waals surface area contributed by atoms with Gasteiger partial charge in [-0.1, -0.05) is 0 Å². The summed E-state index contributed by atoms with van der Waals surface area (Å²) in [6, 6.07) is 0. The number of hydrogen-bond acceptors (Lipinski definition) is 4. The van der Waals surface area contributed by atoms with Gasteiger partial charge in [0.1, 0.15) is 0 Å². The molecule has 2 heterocycles. The molecule has 0 aliphatic carbocycles. The van der Waals surface area contributed by atoms with E-state index in [2.05, 4.69) is 10.7 Å². The van der Waals surface area contributed by atoms with E-state index in [-0.39, 0.29) is 5.97 Å². The third kappa shape index (κ3) is 2.21. The number of hydrogen-bond donors (Lipinski definition) is 1. The van der Waals surface area contributed by atoms with Crippen molar-refractivity contribution in [3.05, 3.63) is 21.9 Å². The van der Waals surface area contributed by atoms with E-state index in [1.54, 1.807) is 11.3 Å². The van der Waals surface area contributed by atoms with Crippen LogP contribution in [0.1, 0.15) is 34.7 Å². The maximum Gasteiger partial charge on any atom is 0.338 e. The first kappa shape index (κ1) is 10.6. The summed E-state index contributed by atoms with van der Waals surface area (Å²) in [5.41, 5.74) is 1.93. The van der Waals surface area contributed by atoms with Crippen molar-refractivity contribution < 1.29 is 9.53 Å². The Morgan fingerprint density at radius 3 is 2.87 bits per heavy atom. The lowest BCUT2D eigenvalue weighted by Gasteiger charge is -2.22. The molecule has 1 aliphatic heterocycles. The Hall–Kier alpha value is -0.870. The van der Waals surface area contributed by atoms with Crippen LogP contribution in [-0.4, -0.2) is 26.2 Å². The minimum absolute atomic E-state index is 0.204. The molecule has 3 nitrogen and oxygen atoms in total. The van der Waals surface area contributed by atoms with Crippen molar-refractivity contribution >= 4 is 17.3 Å². The Bertz CT molecular complexity index is 342. The van der Waals surface area contributed by atoms with Gasteiger partial charge in [-0.3, -0.25) is 0 Å². The first-order chi connectivity index (χ1) is 7.33. The van der Waals surface area contributed by atoms with Gasteiger partial charge in [0.25, 0.3) is 0 Å². The summed E-state index contributed by atoms with van der Waals surface area (Å²) in [5.74, 6) is 0.316. The molecule has 1 aliphatic rings. The highest BCUT2D eigenvalue weighted by atomic mass is 32.1. The second kappa shape index (κ2) is 4.77. The van der Waals surface area contributed by atoms with Crippen LogP contribution in [0.15, 0.2) is 10.8 Å². The summed E-state index contributed by atoms with van der Waals surface area (Å²) < 4.78 is 4.78. The number of carbonyl (C=O) groups is 1. The van der Waals surface area contributed by atoms with Crippen molar-refractivity contribution in [2.24, 2.45) is 0 Å². The zero-order valence-electron chi connectivity index (χ0n) is 8.79. The van der Waals surface area contributed by atoms with Crippen LogP contribution in [-0.2, 0) is 4.74 Å². The van der Waals surface area contributed by atoms with Gasteiger partial charge in [0.2, 0.25) is 0 Å². The van der Waals surface area contributed by atoms with E-state index < -0.39 is 0 Å². The van der Waals surface area contributed by atoms with Gasteiger partial charge in [0, 0.05) is 5.38 Å². The molecule has 0 aromatic carbocycles. The fourth-order valence-electron chi connectivity index (χ4n) is 2.03. The summed E-state index contributed by atoms with van der Waals surface area (Å²) in [4.78, 5) is 11.5. The van der Waals surface area contributed by atoms with Crippen molar-refractivity contribution in [3.8, 4) is 0 Å². The third-order valence-electron chi connectivity index (χ3n) is 2.88. The molecule has 0 saturated carbocycles. The number of ether oxygens (including phenoxy) is 1. The van der Waals surface area contributed by atoms with E-state index in [0.717, 1.165) is 31.5 Å². The van der Waals surface area contributed by atoms with Gasteiger partial charge in [-0.15, -0.1) is 0 Å². The largest absolute Gasteiger partial charge is 0.465 e. The SMILES string of the molecule is COC(=O)c1cscc1C1CCNCC1. The molecule has 82 valence electrons. The van der Waals surface area contributed by atoms with Gasteiger partial charge >= 0.3 is 5.97 Å². The molecule has 0 amide bonds. The number of nitrogens with one attached hydrogen (secondary N) is 1. The van der Waals surface area contributed by atoms with Gasteiger partial charge in [-0.2, -0.15) is 11.3 Å². The number of rotatable bonds is 2. The van der Waals surface area contributed by atoms with E-state index in [0.29, 0.717) is 5.92 Å². The molecule has 1 aromatic rings. The van der Waals surface area contributed by atoms with Crippen LogP contribution in [0.25, 0.3) is 0 Å². The number of methoxy groups -OCH3 is 1. The standard InChI is InChI=1S/C11H15NO2S/c1-14-11(13)10-7-15-6-9(10)8-2-4-12-5-3-8/h6-8,12H,2-5H2,1H3. The molecular formula is C11H15NO2S. The Morgan fingerprint density at radius 1 is 1.47 bits per heavy atom. The van der Waals surface area contributed by atoms with Crippen molar-refractivity contribution in [2.75, 3.05) is 20.2 Å². The van der Waals surface area contributed by atoms with Crippen molar-refractivity contribution in [3.63, 3.8) is 0 Å². The van der Waals surface area contributed by atoms with Crippen LogP contribution in [0.2, 0.25) is 0 Å². The maximum absolute atomic E-state index is 11.5. The highest BCUT2D eigenvalue weighted by Gasteiger charge is 2.22. The lowest BCUT2D eigenvalue weighted by molar-refractivity contribution is 0.0599. The molecule has 0 spiro atoms. The number of thiophene rings is 1. The van der Waals surface area contributed by atoms with Crippen LogP contribution in [0.3, 0.4) is 0 Å². The zero-order chi connectivity index (χ0) is 10.7. The third-order valence-corrected chi connectivity index (χ3v) is 3.64. The van der Waals surface area contributed by atoms with Gasteiger partial charge < -0.3 is 10.1 Å². The van der Waals surface area contributed by atoms with Crippen LogP contribution >= 0.6 is 11.3 Å². The average molecular weight is 225 g/mol. The lowest BCUT2D eigenvalue weighted by Crippen LogP contribution is -2.27. The quantitative estimate of drug-likeness (QED) is 0.782. The highest BCUT2D eigenvalue weighted by Crippen LogP contribution is 2.30. The first-order valence-corrected chi connectivity index (χ1v) is 6.12. The molecule has 1 fully saturated rings. The molecule has 15 heavy (non-hydrogen) atoms. The second-order valence-corrected chi connectivity index (χ2v) is 4.50. The van der Waals surface area contributed by atoms with Gasteiger partial charge in [0.15, 0.2) is 0 Å². The molecular weight excluding hydrogens is 210 g/mol. The molecule has 2 rings (SSSR count). The van der Waals surface area contributed by atoms with Gasteiger partial charge in [0.05, 0.1) is 12.7 Å². The van der Waals surface area contributed by atoms with Crippen LogP contribution < -0.4 is 5.32 Å². The summed E-state index contributed by atoms with van der Waals surface area (Å²) in [6.07, 6.45) is 2.22. The summed E-state index contributed by atoms with van der Waals surface area (Å²) in [5, 5.41) is 7.30. The average Bonchev–Trinajstić information content (AvgIpc) is 2.78. The lowest BCUT2D eigenvalue weighted by atomic mass is 9.90. The summed E-state index contributed by atoms with van der Waals surface area (Å²) in [7, 11) is 1.44. The van der Waals surface area contributed by atoms with E-state index in [1.807, 2.05) is 5.38 Å². The molecule has 1 saturated heterocycles. The second-order valence-electron chi connectivity index (χ2n) is 3.76. The Kier molecular flexibility index (Phi) is 3.38. The zero-order valence-corrected chi connectivity index (χ0v) is 9.60. The Balaban J connectivity index is 2.19. The Morgan fingerprint density at radius 2 is 2.20 bits per heavy atom. The fraction of sp³-hybridized carbons (Fsp3) is 0.545. The predicted molar refractivity (Wildman–Crippen MR) is 60.5 cm³/mol. The number of esters is 1. The number of carbonyl (C=O) groups excluding carboxylic acids is 1. The molecule has 1 aromatic heterocycles. The van der Waals surface area contributed by atoms with Gasteiger partial charge in [-0.05, 0) is 42.8 Å². The van der Waals surface area contributed by atoms with Crippen molar-refractivity contribution in [1.82, 2.24) is 5.32 Å². The van der Waals surface area contributed by atoms with E-state index in [9.17, 15) is 4.79 Å². The molecule has 0 radical (unpaired) electrons. The van der Waals surface area contributed by atoms with E-state index >= 15 is 0 Å². The van der Waals surface area contributed by atoms with Crippen LogP contribution in [0, 0.1) is 0 Å². The minimum atomic E-state index is -0.204. The first-order valence-electron chi connectivity index (χ1n) is 5.18. The molecule has 0 atom stereocenters. The monoisotopic (exact) mass is 225 g/mol. The van der Waals surface area contributed by atoms with Crippen molar-refractivity contribution in [1.29, 1.82) is 0 Å².